The van der Waals surface area contributed by atoms with Gasteiger partial charge in [-0.2, -0.15) is 0 Å². The van der Waals surface area contributed by atoms with Crippen LogP contribution in [0.5, 0.6) is 17.2 Å². The van der Waals surface area contributed by atoms with E-state index in [1.165, 1.54) is 32.7 Å². The molecule has 4 heterocycles. The van der Waals surface area contributed by atoms with Gasteiger partial charge in [0.1, 0.15) is 28.5 Å². The van der Waals surface area contributed by atoms with Gasteiger partial charge in [-0.05, 0) is 96.9 Å². The van der Waals surface area contributed by atoms with Gasteiger partial charge in [-0.15, -0.1) is 0 Å². The van der Waals surface area contributed by atoms with Gasteiger partial charge >= 0.3 is 6.09 Å². The highest BCUT2D eigenvalue weighted by molar-refractivity contribution is 6.35. The van der Waals surface area contributed by atoms with Gasteiger partial charge < -0.3 is 28.8 Å². The first-order valence-electron chi connectivity index (χ1n) is 18.7. The molecule has 3 saturated heterocycles. The van der Waals surface area contributed by atoms with Crippen molar-refractivity contribution in [1.29, 1.82) is 0 Å². The number of nitrogens with zero attached hydrogens (tertiary/aromatic N) is 3. The molecule has 1 N–H and O–H groups in total. The zero-order valence-electron chi connectivity index (χ0n) is 31.6. The number of benzene rings is 4. The number of pyridine rings is 1. The first-order valence-corrected chi connectivity index (χ1v) is 19.5. The molecule has 8 rings (SSSR count). The highest BCUT2D eigenvalue weighted by Gasteiger charge is 2.37. The number of para-hydroxylation sites is 1. The van der Waals surface area contributed by atoms with Crippen LogP contribution in [0.25, 0.3) is 0 Å². The van der Waals surface area contributed by atoms with E-state index in [1.54, 1.807) is 29.2 Å². The number of carbonyl (C=O) groups is 2. The second-order valence-corrected chi connectivity index (χ2v) is 15.1. The summed E-state index contributed by atoms with van der Waals surface area (Å²) in [6, 6.07) is 27.3. The van der Waals surface area contributed by atoms with Crippen molar-refractivity contribution < 1.29 is 43.6 Å². The molecule has 1 aromatic heterocycles. The number of anilines is 1. The van der Waals surface area contributed by atoms with Crippen LogP contribution in [-0.4, -0.2) is 62.1 Å². The van der Waals surface area contributed by atoms with E-state index in [4.69, 9.17) is 42.1 Å². The van der Waals surface area contributed by atoms with Crippen molar-refractivity contribution >= 4 is 41.0 Å². The number of rotatable bonds is 14. The summed E-state index contributed by atoms with van der Waals surface area (Å²) in [5.74, 6) is -0.0204. The number of halogens is 2. The number of fused-ring (bicyclic) bond motifs is 3. The molecular formula is C44H43Cl2N3O8. The molecule has 57 heavy (non-hydrogen) atoms. The summed E-state index contributed by atoms with van der Waals surface area (Å²) in [7, 11) is 3.05. The number of methoxy groups -OCH3 is 2. The number of amides is 1. The largest absolute Gasteiger partial charge is 0.545 e. The summed E-state index contributed by atoms with van der Waals surface area (Å²) in [5.41, 5.74) is 3.98. The maximum absolute atomic E-state index is 13.6. The van der Waals surface area contributed by atoms with E-state index < -0.39 is 11.9 Å². The third-order valence-electron chi connectivity index (χ3n) is 10.8. The lowest BCUT2D eigenvalue weighted by molar-refractivity contribution is -0.904. The Morgan fingerprint density at radius 3 is 2.21 bits per heavy atom. The smallest absolute Gasteiger partial charge is 0.414 e. The van der Waals surface area contributed by atoms with Crippen LogP contribution in [0.3, 0.4) is 0 Å². The first-order chi connectivity index (χ1) is 27.6. The summed E-state index contributed by atoms with van der Waals surface area (Å²) in [6.45, 7) is 3.33. The van der Waals surface area contributed by atoms with Crippen molar-refractivity contribution in [3.8, 4) is 17.2 Å². The number of carboxylic acids is 1. The highest BCUT2D eigenvalue weighted by atomic mass is 35.5. The van der Waals surface area contributed by atoms with E-state index in [-0.39, 0.29) is 40.8 Å². The molecule has 2 bridgehead atoms. The van der Waals surface area contributed by atoms with E-state index in [2.05, 4.69) is 4.90 Å². The monoisotopic (exact) mass is 811 g/mol. The molecule has 5 aromatic rings. The molecule has 13 heteroatoms. The molecule has 3 aliphatic heterocycles. The van der Waals surface area contributed by atoms with E-state index in [0.29, 0.717) is 52.0 Å². The Morgan fingerprint density at radius 1 is 0.895 bits per heavy atom. The van der Waals surface area contributed by atoms with Crippen molar-refractivity contribution in [1.82, 2.24) is 4.90 Å². The van der Waals surface area contributed by atoms with Crippen LogP contribution >= 0.6 is 23.2 Å². The summed E-state index contributed by atoms with van der Waals surface area (Å²) < 4.78 is 24.1. The third-order valence-corrected chi connectivity index (χ3v) is 11.5. The number of carboxylic acid groups (broad SMARTS) is 1. The summed E-state index contributed by atoms with van der Waals surface area (Å²) in [6.07, 6.45) is 4.42. The number of carbonyl (C=O) groups excluding carboxylic acids is 2. The Morgan fingerprint density at radius 2 is 1.58 bits per heavy atom. The van der Waals surface area contributed by atoms with Gasteiger partial charge in [-0.1, -0.05) is 77.8 Å². The van der Waals surface area contributed by atoms with Crippen LogP contribution < -0.4 is 28.9 Å². The minimum atomic E-state index is -1.35. The molecule has 11 nitrogen and oxygen atoms in total. The van der Waals surface area contributed by atoms with Gasteiger partial charge in [0.15, 0.2) is 11.5 Å². The average Bonchev–Trinajstić information content (AvgIpc) is 3.22. The molecule has 0 saturated carbocycles. The number of aromatic nitrogens is 1. The molecule has 3 aliphatic rings. The molecule has 0 spiro atoms. The van der Waals surface area contributed by atoms with E-state index in [0.717, 1.165) is 48.5 Å². The Hall–Kier alpha value is -5.49. The fourth-order valence-corrected chi connectivity index (χ4v) is 8.34. The molecule has 4 aromatic carbocycles. The SMILES string of the molecule is COc1ccc([C@H](Cc2c(Cl)c[n+](O)cc2Cl)c2cc(COc3ccc(CN(C(=O)O[C@H]4CN5CCC4CC5)c4ccccc4)cc3)ccc2C(=O)[O-])cc1OC. The van der Waals surface area contributed by atoms with Crippen LogP contribution in [0.1, 0.15) is 56.9 Å². The minimum Gasteiger partial charge on any atom is -0.545 e. The van der Waals surface area contributed by atoms with Crippen LogP contribution in [0, 0.1) is 5.92 Å². The topological polar surface area (TPSA) is 125 Å². The van der Waals surface area contributed by atoms with E-state index in [1.807, 2.05) is 60.7 Å². The Labute approximate surface area is 341 Å². The summed E-state index contributed by atoms with van der Waals surface area (Å²) in [4.78, 5) is 30.2. The van der Waals surface area contributed by atoms with Gasteiger partial charge in [-0.25, -0.2) is 4.79 Å². The highest BCUT2D eigenvalue weighted by Crippen LogP contribution is 2.39. The zero-order valence-corrected chi connectivity index (χ0v) is 33.1. The predicted octanol–water partition coefficient (Wildman–Crippen LogP) is 7.09. The number of ether oxygens (including phenoxy) is 4. The second kappa shape index (κ2) is 17.8. The lowest BCUT2D eigenvalue weighted by atomic mass is 9.82. The maximum Gasteiger partial charge on any atom is 0.414 e. The molecular weight excluding hydrogens is 769 g/mol. The fraction of sp³-hybridized carbons (Fsp3) is 0.295. The molecule has 2 atom stereocenters. The van der Waals surface area contributed by atoms with Crippen LogP contribution in [0.4, 0.5) is 10.5 Å². The van der Waals surface area contributed by atoms with Gasteiger partial charge in [0, 0.05) is 34.0 Å². The van der Waals surface area contributed by atoms with Crippen molar-refractivity contribution in [3.05, 3.63) is 147 Å². The lowest BCUT2D eigenvalue weighted by Crippen LogP contribution is -2.53. The first kappa shape index (κ1) is 39.7. The number of piperidine rings is 3. The Bertz CT molecular complexity index is 2190. The van der Waals surface area contributed by atoms with Crippen molar-refractivity contribution in [2.45, 2.75) is 44.4 Å². The van der Waals surface area contributed by atoms with Crippen LogP contribution in [0.15, 0.2) is 103 Å². The van der Waals surface area contributed by atoms with Gasteiger partial charge in [0.25, 0.3) is 0 Å². The molecule has 1 amide bonds. The zero-order chi connectivity index (χ0) is 40.1. The van der Waals surface area contributed by atoms with Crippen molar-refractivity contribution in [3.63, 3.8) is 0 Å². The number of hydrogen-bond donors (Lipinski definition) is 1. The fourth-order valence-electron chi connectivity index (χ4n) is 7.74. The predicted molar refractivity (Wildman–Crippen MR) is 213 cm³/mol. The average molecular weight is 813 g/mol. The molecule has 3 fully saturated rings. The number of hydrogen-bond acceptors (Lipinski definition) is 9. The Kier molecular flexibility index (Phi) is 12.4. The quantitative estimate of drug-likeness (QED) is 0.0925. The molecule has 0 radical (unpaired) electrons. The van der Waals surface area contributed by atoms with Crippen molar-refractivity contribution in [2.24, 2.45) is 5.92 Å². The van der Waals surface area contributed by atoms with Gasteiger partial charge in [-0.3, -0.25) is 15.0 Å². The van der Waals surface area contributed by atoms with Gasteiger partial charge in [0.05, 0.1) is 26.7 Å². The van der Waals surface area contributed by atoms with E-state index in [9.17, 15) is 19.9 Å². The second-order valence-electron chi connectivity index (χ2n) is 14.3. The minimum absolute atomic E-state index is 0.0155. The Balaban J connectivity index is 1.11. The molecule has 296 valence electrons. The normalized spacial score (nSPS) is 17.7. The van der Waals surface area contributed by atoms with E-state index >= 15 is 0 Å². The molecule has 0 aliphatic carbocycles. The van der Waals surface area contributed by atoms with Gasteiger partial charge in [0.2, 0.25) is 12.4 Å². The summed E-state index contributed by atoms with van der Waals surface area (Å²) >= 11 is 13.1. The lowest BCUT2D eigenvalue weighted by Gasteiger charge is -2.44. The number of aromatic carboxylic acids is 1. The standard InChI is InChI=1S/C44H43Cl2N3O8/c1-54-40-15-11-31(21-41(40)55-2)35(22-37-38(45)24-48(53)25-39(37)46)36-20-29(10-14-34(36)43(50)51)27-56-33-12-8-28(9-13-33)23-49(32-6-4-3-5-7-32)44(52)57-42-26-47-18-16-30(42)17-19-47/h3-15,20-21,24-25,30,35,42H,16-19,22-23,26-27H2,1-2H3,(H-,50,51,53)/t35-,42-/m0/s1. The summed E-state index contributed by atoms with van der Waals surface area (Å²) in [5, 5.41) is 23.0. The third kappa shape index (κ3) is 9.23. The maximum atomic E-state index is 13.6. The van der Waals surface area contributed by atoms with Crippen LogP contribution in [-0.2, 0) is 24.3 Å². The molecule has 0 unspecified atom stereocenters. The van der Waals surface area contributed by atoms with Crippen molar-refractivity contribution in [2.75, 3.05) is 38.8 Å². The van der Waals surface area contributed by atoms with Crippen LogP contribution in [0.2, 0.25) is 10.0 Å².